The van der Waals surface area contributed by atoms with Crippen LogP contribution >= 0.6 is 15.9 Å². The molecule has 16 heavy (non-hydrogen) atoms. The minimum atomic E-state index is -0.114. The van der Waals surface area contributed by atoms with E-state index in [1.165, 1.54) is 12.0 Å². The molecular formula is C13H17BrFN. The van der Waals surface area contributed by atoms with Gasteiger partial charge >= 0.3 is 0 Å². The van der Waals surface area contributed by atoms with Crippen LogP contribution in [0.3, 0.4) is 0 Å². The molecule has 1 aromatic carbocycles. The first kappa shape index (κ1) is 12.1. The zero-order chi connectivity index (χ0) is 11.7. The van der Waals surface area contributed by atoms with Crippen molar-refractivity contribution >= 4 is 15.9 Å². The molecule has 2 rings (SSSR count). The van der Waals surface area contributed by atoms with Crippen LogP contribution in [-0.2, 0) is 0 Å². The van der Waals surface area contributed by atoms with E-state index in [1.54, 1.807) is 0 Å². The molecular weight excluding hydrogens is 269 g/mol. The van der Waals surface area contributed by atoms with Gasteiger partial charge in [-0.25, -0.2) is 4.39 Å². The average molecular weight is 286 g/mol. The summed E-state index contributed by atoms with van der Waals surface area (Å²) in [6.45, 7) is 5.12. The van der Waals surface area contributed by atoms with Crippen LogP contribution < -0.4 is 5.32 Å². The Morgan fingerprint density at radius 1 is 1.44 bits per heavy atom. The standard InChI is InChI=1S/C13H17BrFN/c1-8(2)10-6-9(7-11(14)13(10)15)12-4-3-5-16-12/h6-8,12,16H,3-5H2,1-2H3. The van der Waals surface area contributed by atoms with Gasteiger partial charge in [0.2, 0.25) is 0 Å². The molecule has 0 radical (unpaired) electrons. The van der Waals surface area contributed by atoms with Crippen molar-refractivity contribution in [2.45, 2.75) is 38.6 Å². The molecule has 0 amide bonds. The minimum Gasteiger partial charge on any atom is -0.310 e. The van der Waals surface area contributed by atoms with Crippen LogP contribution in [-0.4, -0.2) is 6.54 Å². The number of benzene rings is 1. The van der Waals surface area contributed by atoms with E-state index in [9.17, 15) is 4.39 Å². The molecule has 3 heteroatoms. The topological polar surface area (TPSA) is 12.0 Å². The zero-order valence-electron chi connectivity index (χ0n) is 9.69. The zero-order valence-corrected chi connectivity index (χ0v) is 11.3. The van der Waals surface area contributed by atoms with E-state index in [1.807, 2.05) is 26.0 Å². The van der Waals surface area contributed by atoms with E-state index in [0.717, 1.165) is 18.5 Å². The van der Waals surface area contributed by atoms with Crippen LogP contribution in [0, 0.1) is 5.82 Å². The first-order chi connectivity index (χ1) is 7.59. The monoisotopic (exact) mass is 285 g/mol. The Morgan fingerprint density at radius 3 is 2.75 bits per heavy atom. The average Bonchev–Trinajstić information content (AvgIpc) is 2.74. The number of halogens is 2. The highest BCUT2D eigenvalue weighted by atomic mass is 79.9. The van der Waals surface area contributed by atoms with Gasteiger partial charge in [-0.05, 0) is 58.4 Å². The molecule has 0 bridgehead atoms. The number of hydrogen-bond acceptors (Lipinski definition) is 1. The van der Waals surface area contributed by atoms with Crippen molar-refractivity contribution in [3.05, 3.63) is 33.5 Å². The maximum atomic E-state index is 13.9. The Labute approximate surface area is 105 Å². The molecule has 0 spiro atoms. The predicted molar refractivity (Wildman–Crippen MR) is 68.2 cm³/mol. The first-order valence-corrected chi connectivity index (χ1v) is 6.61. The summed E-state index contributed by atoms with van der Waals surface area (Å²) in [5, 5.41) is 3.44. The Kier molecular flexibility index (Phi) is 3.65. The molecule has 1 aromatic rings. The van der Waals surface area contributed by atoms with Crippen LogP contribution in [0.1, 0.15) is 49.8 Å². The van der Waals surface area contributed by atoms with Gasteiger partial charge in [0, 0.05) is 6.04 Å². The van der Waals surface area contributed by atoms with Gasteiger partial charge in [-0.2, -0.15) is 0 Å². The molecule has 1 atom stereocenters. The Bertz CT molecular complexity index is 384. The largest absolute Gasteiger partial charge is 0.310 e. The van der Waals surface area contributed by atoms with Gasteiger partial charge in [-0.15, -0.1) is 0 Å². The van der Waals surface area contributed by atoms with Crippen LogP contribution in [0.15, 0.2) is 16.6 Å². The Balaban J connectivity index is 2.39. The summed E-state index contributed by atoms with van der Waals surface area (Å²) in [6, 6.07) is 4.31. The third-order valence-corrected chi connectivity index (χ3v) is 3.74. The smallest absolute Gasteiger partial charge is 0.140 e. The molecule has 1 heterocycles. The molecule has 0 aliphatic carbocycles. The van der Waals surface area contributed by atoms with Crippen LogP contribution in [0.2, 0.25) is 0 Å². The number of nitrogens with one attached hydrogen (secondary N) is 1. The molecule has 1 aliphatic rings. The van der Waals surface area contributed by atoms with E-state index in [-0.39, 0.29) is 11.7 Å². The second-order valence-electron chi connectivity index (χ2n) is 4.71. The highest BCUT2D eigenvalue weighted by Crippen LogP contribution is 2.31. The van der Waals surface area contributed by atoms with Gasteiger partial charge in [0.15, 0.2) is 0 Å². The van der Waals surface area contributed by atoms with Gasteiger partial charge < -0.3 is 5.32 Å². The summed E-state index contributed by atoms with van der Waals surface area (Å²) >= 11 is 3.31. The lowest BCUT2D eigenvalue weighted by Gasteiger charge is -2.16. The fraction of sp³-hybridized carbons (Fsp3) is 0.538. The second-order valence-corrected chi connectivity index (χ2v) is 5.56. The van der Waals surface area contributed by atoms with Crippen LogP contribution in [0.25, 0.3) is 0 Å². The van der Waals surface area contributed by atoms with Gasteiger partial charge in [-0.3, -0.25) is 0 Å². The molecule has 1 unspecified atom stereocenters. The van der Waals surface area contributed by atoms with Crippen molar-refractivity contribution in [3.8, 4) is 0 Å². The third kappa shape index (κ3) is 2.30. The first-order valence-electron chi connectivity index (χ1n) is 5.82. The van der Waals surface area contributed by atoms with Crippen molar-refractivity contribution in [2.75, 3.05) is 6.54 Å². The van der Waals surface area contributed by atoms with Crippen molar-refractivity contribution in [1.29, 1.82) is 0 Å². The Hall–Kier alpha value is -0.410. The molecule has 1 saturated heterocycles. The fourth-order valence-electron chi connectivity index (χ4n) is 2.22. The molecule has 1 aliphatic heterocycles. The van der Waals surface area contributed by atoms with E-state index < -0.39 is 0 Å². The van der Waals surface area contributed by atoms with Crippen LogP contribution in [0.4, 0.5) is 4.39 Å². The maximum Gasteiger partial charge on any atom is 0.140 e. The Morgan fingerprint density at radius 2 is 2.19 bits per heavy atom. The van der Waals surface area contributed by atoms with Crippen LogP contribution in [0.5, 0.6) is 0 Å². The summed E-state index contributed by atoms with van der Waals surface area (Å²) in [7, 11) is 0. The minimum absolute atomic E-state index is 0.114. The molecule has 1 N–H and O–H groups in total. The SMILES string of the molecule is CC(C)c1cc(C2CCCN2)cc(Br)c1F. The lowest BCUT2D eigenvalue weighted by atomic mass is 9.96. The van der Waals surface area contributed by atoms with E-state index >= 15 is 0 Å². The number of rotatable bonds is 2. The quantitative estimate of drug-likeness (QED) is 0.861. The summed E-state index contributed by atoms with van der Waals surface area (Å²) in [5.74, 6) is 0.106. The summed E-state index contributed by atoms with van der Waals surface area (Å²) in [6.07, 6.45) is 2.35. The van der Waals surface area contributed by atoms with Crippen molar-refractivity contribution in [2.24, 2.45) is 0 Å². The van der Waals surface area contributed by atoms with E-state index in [2.05, 4.69) is 21.2 Å². The summed E-state index contributed by atoms with van der Waals surface area (Å²) < 4.78 is 14.4. The molecule has 0 aromatic heterocycles. The van der Waals surface area contributed by atoms with Gasteiger partial charge in [0.1, 0.15) is 5.82 Å². The highest BCUT2D eigenvalue weighted by Gasteiger charge is 2.20. The van der Waals surface area contributed by atoms with Crippen molar-refractivity contribution in [3.63, 3.8) is 0 Å². The van der Waals surface area contributed by atoms with E-state index in [4.69, 9.17) is 0 Å². The molecule has 1 fully saturated rings. The summed E-state index contributed by atoms with van der Waals surface area (Å²) in [4.78, 5) is 0. The summed E-state index contributed by atoms with van der Waals surface area (Å²) in [5.41, 5.74) is 2.01. The third-order valence-electron chi connectivity index (χ3n) is 3.16. The molecule has 0 saturated carbocycles. The fourth-order valence-corrected chi connectivity index (χ4v) is 2.72. The van der Waals surface area contributed by atoms with Gasteiger partial charge in [0.25, 0.3) is 0 Å². The van der Waals surface area contributed by atoms with E-state index in [0.29, 0.717) is 10.5 Å². The van der Waals surface area contributed by atoms with Crippen molar-refractivity contribution < 1.29 is 4.39 Å². The second kappa shape index (κ2) is 4.84. The maximum absolute atomic E-state index is 13.9. The van der Waals surface area contributed by atoms with Gasteiger partial charge in [-0.1, -0.05) is 19.9 Å². The number of hydrogen-bond donors (Lipinski definition) is 1. The lowest BCUT2D eigenvalue weighted by molar-refractivity contribution is 0.584. The molecule has 88 valence electrons. The molecule has 1 nitrogen and oxygen atoms in total. The lowest BCUT2D eigenvalue weighted by Crippen LogP contribution is -2.13. The highest BCUT2D eigenvalue weighted by molar-refractivity contribution is 9.10. The van der Waals surface area contributed by atoms with Gasteiger partial charge in [0.05, 0.1) is 4.47 Å². The normalized spacial score (nSPS) is 20.7. The van der Waals surface area contributed by atoms with Crippen molar-refractivity contribution in [1.82, 2.24) is 5.32 Å². The predicted octanol–water partition coefficient (Wildman–Crippen LogP) is 4.14.